The molecule has 0 aliphatic heterocycles. The molecule has 0 amide bonds. The molecule has 0 bridgehead atoms. The summed E-state index contributed by atoms with van der Waals surface area (Å²) in [6.07, 6.45) is 9.35. The van der Waals surface area contributed by atoms with Crippen molar-refractivity contribution >= 4 is 0 Å². The van der Waals surface area contributed by atoms with Gasteiger partial charge in [-0.1, -0.05) is 33.6 Å². The summed E-state index contributed by atoms with van der Waals surface area (Å²) in [5, 5.41) is 8.06. The Morgan fingerprint density at radius 3 is 2.95 bits per heavy atom. The highest BCUT2D eigenvalue weighted by atomic mass is 15.3. The topological polar surface area (TPSA) is 42.7 Å². The number of likely N-dealkylation sites (N-methyl/N-ethyl adjacent to an activating group) is 1. The smallest absolute Gasteiger partial charge is 0.138 e. The molecule has 4 heteroatoms. The largest absolute Gasteiger partial charge is 0.314 e. The Kier molecular flexibility index (Phi) is 6.02. The lowest BCUT2D eigenvalue weighted by Crippen LogP contribution is -2.40. The Bertz CT molecular complexity index is 388. The summed E-state index contributed by atoms with van der Waals surface area (Å²) in [5.41, 5.74) is 0. The minimum atomic E-state index is 0.558. The third-order valence-electron chi connectivity index (χ3n) is 4.55. The fourth-order valence-electron chi connectivity index (χ4n) is 3.56. The van der Waals surface area contributed by atoms with Gasteiger partial charge in [0.1, 0.15) is 12.2 Å². The number of nitrogens with zero attached hydrogens (tertiary/aromatic N) is 3. The molecule has 4 nitrogen and oxygen atoms in total. The molecule has 0 aromatic carbocycles. The number of aromatic nitrogens is 3. The van der Waals surface area contributed by atoms with Crippen LogP contribution in [-0.4, -0.2) is 27.4 Å². The van der Waals surface area contributed by atoms with E-state index in [2.05, 4.69) is 40.9 Å². The summed E-state index contributed by atoms with van der Waals surface area (Å²) in [4.78, 5) is 4.48. The van der Waals surface area contributed by atoms with Crippen LogP contribution in [0.1, 0.15) is 58.7 Å². The summed E-state index contributed by atoms with van der Waals surface area (Å²) >= 11 is 0. The van der Waals surface area contributed by atoms with E-state index in [1.807, 2.05) is 0 Å². The summed E-state index contributed by atoms with van der Waals surface area (Å²) in [7, 11) is 0. The Labute approximate surface area is 123 Å². The standard InChI is InChI=1S/C16H30N4/c1-4-9-20-16(18-12-19-20)11-15(17-5-2)14-8-6-7-13(3)10-14/h12-15,17H,4-11H2,1-3H3. The molecule has 1 aromatic heterocycles. The first-order chi connectivity index (χ1) is 9.74. The van der Waals surface area contributed by atoms with Crippen molar-refractivity contribution in [3.8, 4) is 0 Å². The molecule has 1 aliphatic rings. The third-order valence-corrected chi connectivity index (χ3v) is 4.55. The molecular weight excluding hydrogens is 248 g/mol. The second-order valence-corrected chi connectivity index (χ2v) is 6.30. The predicted molar refractivity (Wildman–Crippen MR) is 82.6 cm³/mol. The zero-order valence-corrected chi connectivity index (χ0v) is 13.3. The Hall–Kier alpha value is -0.900. The van der Waals surface area contributed by atoms with Crippen molar-refractivity contribution < 1.29 is 0 Å². The van der Waals surface area contributed by atoms with Crippen LogP contribution in [0.3, 0.4) is 0 Å². The maximum atomic E-state index is 4.48. The molecule has 1 heterocycles. The van der Waals surface area contributed by atoms with Gasteiger partial charge in [-0.15, -0.1) is 0 Å². The van der Waals surface area contributed by atoms with Crippen LogP contribution in [0.15, 0.2) is 6.33 Å². The fraction of sp³-hybridized carbons (Fsp3) is 0.875. The number of rotatable bonds is 7. The van der Waals surface area contributed by atoms with Gasteiger partial charge in [-0.25, -0.2) is 4.98 Å². The van der Waals surface area contributed by atoms with Gasteiger partial charge in [0, 0.05) is 19.0 Å². The Morgan fingerprint density at radius 1 is 1.40 bits per heavy atom. The van der Waals surface area contributed by atoms with Gasteiger partial charge >= 0.3 is 0 Å². The first-order valence-corrected chi connectivity index (χ1v) is 8.34. The quantitative estimate of drug-likeness (QED) is 0.833. The molecule has 20 heavy (non-hydrogen) atoms. The van der Waals surface area contributed by atoms with Crippen molar-refractivity contribution in [2.45, 2.75) is 71.9 Å². The van der Waals surface area contributed by atoms with Gasteiger partial charge in [-0.3, -0.25) is 4.68 Å². The zero-order valence-electron chi connectivity index (χ0n) is 13.3. The summed E-state index contributed by atoms with van der Waals surface area (Å²) in [6, 6.07) is 0.558. The minimum Gasteiger partial charge on any atom is -0.314 e. The van der Waals surface area contributed by atoms with Crippen molar-refractivity contribution in [2.24, 2.45) is 11.8 Å². The van der Waals surface area contributed by atoms with E-state index in [4.69, 9.17) is 0 Å². The van der Waals surface area contributed by atoms with E-state index >= 15 is 0 Å². The molecule has 1 aliphatic carbocycles. The molecule has 114 valence electrons. The van der Waals surface area contributed by atoms with Crippen molar-refractivity contribution in [1.82, 2.24) is 20.1 Å². The molecule has 1 N–H and O–H groups in total. The van der Waals surface area contributed by atoms with Crippen molar-refractivity contribution in [3.63, 3.8) is 0 Å². The molecule has 0 saturated heterocycles. The SMILES string of the molecule is CCCn1ncnc1CC(NCC)C1CCCC(C)C1. The van der Waals surface area contributed by atoms with Crippen LogP contribution < -0.4 is 5.32 Å². The van der Waals surface area contributed by atoms with Crippen LogP contribution in [0.5, 0.6) is 0 Å². The Morgan fingerprint density at radius 2 is 2.25 bits per heavy atom. The molecule has 2 rings (SSSR count). The maximum absolute atomic E-state index is 4.48. The van der Waals surface area contributed by atoms with E-state index in [1.54, 1.807) is 6.33 Å². The molecule has 1 fully saturated rings. The third kappa shape index (κ3) is 4.05. The molecule has 3 atom stereocenters. The second-order valence-electron chi connectivity index (χ2n) is 6.30. The normalized spacial score (nSPS) is 24.8. The van der Waals surface area contributed by atoms with Crippen LogP contribution in [0, 0.1) is 11.8 Å². The van der Waals surface area contributed by atoms with Crippen molar-refractivity contribution in [3.05, 3.63) is 12.2 Å². The number of hydrogen-bond donors (Lipinski definition) is 1. The van der Waals surface area contributed by atoms with Gasteiger partial charge < -0.3 is 5.32 Å². The lowest BCUT2D eigenvalue weighted by atomic mass is 9.77. The number of hydrogen-bond acceptors (Lipinski definition) is 3. The number of nitrogens with one attached hydrogen (secondary N) is 1. The number of aryl methyl sites for hydroxylation is 1. The fourth-order valence-corrected chi connectivity index (χ4v) is 3.56. The second kappa shape index (κ2) is 7.77. The van der Waals surface area contributed by atoms with Crippen LogP contribution in [-0.2, 0) is 13.0 Å². The average molecular weight is 278 g/mol. The molecule has 1 saturated carbocycles. The van der Waals surface area contributed by atoms with Gasteiger partial charge in [0.25, 0.3) is 0 Å². The first kappa shape index (κ1) is 15.5. The van der Waals surface area contributed by atoms with Crippen LogP contribution >= 0.6 is 0 Å². The molecular formula is C16H30N4. The minimum absolute atomic E-state index is 0.558. The molecule has 3 unspecified atom stereocenters. The van der Waals surface area contributed by atoms with Crippen LogP contribution in [0.2, 0.25) is 0 Å². The van der Waals surface area contributed by atoms with Gasteiger partial charge in [-0.2, -0.15) is 5.10 Å². The Balaban J connectivity index is 2.02. The molecule has 1 aromatic rings. The van der Waals surface area contributed by atoms with Gasteiger partial charge in [0.05, 0.1) is 0 Å². The molecule has 0 radical (unpaired) electrons. The van der Waals surface area contributed by atoms with Gasteiger partial charge in [-0.05, 0) is 37.6 Å². The summed E-state index contributed by atoms with van der Waals surface area (Å²) < 4.78 is 2.08. The summed E-state index contributed by atoms with van der Waals surface area (Å²) in [5.74, 6) is 2.82. The van der Waals surface area contributed by atoms with Crippen molar-refractivity contribution in [1.29, 1.82) is 0 Å². The lowest BCUT2D eigenvalue weighted by Gasteiger charge is -2.33. The van der Waals surface area contributed by atoms with Crippen molar-refractivity contribution in [2.75, 3.05) is 6.54 Å². The maximum Gasteiger partial charge on any atom is 0.138 e. The monoisotopic (exact) mass is 278 g/mol. The zero-order chi connectivity index (χ0) is 14.4. The summed E-state index contributed by atoms with van der Waals surface area (Å²) in [6.45, 7) is 8.81. The highest BCUT2D eigenvalue weighted by Crippen LogP contribution is 2.31. The lowest BCUT2D eigenvalue weighted by molar-refractivity contribution is 0.220. The first-order valence-electron chi connectivity index (χ1n) is 8.34. The van der Waals surface area contributed by atoms with E-state index in [9.17, 15) is 0 Å². The van der Waals surface area contributed by atoms with Gasteiger partial charge in [0.15, 0.2) is 0 Å². The highest BCUT2D eigenvalue weighted by molar-refractivity contribution is 4.93. The van der Waals surface area contributed by atoms with E-state index in [1.165, 1.54) is 25.7 Å². The van der Waals surface area contributed by atoms with E-state index in [0.717, 1.165) is 43.6 Å². The van der Waals surface area contributed by atoms with Crippen LogP contribution in [0.25, 0.3) is 0 Å². The van der Waals surface area contributed by atoms with E-state index in [0.29, 0.717) is 6.04 Å². The highest BCUT2D eigenvalue weighted by Gasteiger charge is 2.27. The predicted octanol–water partition coefficient (Wildman–Crippen LogP) is 3.04. The average Bonchev–Trinajstić information content (AvgIpc) is 2.86. The van der Waals surface area contributed by atoms with E-state index in [-0.39, 0.29) is 0 Å². The van der Waals surface area contributed by atoms with Gasteiger partial charge in [0.2, 0.25) is 0 Å². The van der Waals surface area contributed by atoms with Crippen LogP contribution in [0.4, 0.5) is 0 Å². The molecule has 0 spiro atoms. The van der Waals surface area contributed by atoms with E-state index < -0.39 is 0 Å².